The SMILES string of the molecule is O=C(NC1CCc2cc(-c3ccc(F)cc3)ccc21)O[C@@H]1CN2CCC1CC2. The summed E-state index contributed by atoms with van der Waals surface area (Å²) in [7, 11) is 0. The number of carbonyl (C=O) groups is 1. The van der Waals surface area contributed by atoms with Gasteiger partial charge in [-0.2, -0.15) is 0 Å². The average molecular weight is 380 g/mol. The summed E-state index contributed by atoms with van der Waals surface area (Å²) >= 11 is 0. The van der Waals surface area contributed by atoms with Crippen LogP contribution in [0.4, 0.5) is 9.18 Å². The minimum atomic E-state index is -0.292. The maximum absolute atomic E-state index is 13.2. The zero-order valence-corrected chi connectivity index (χ0v) is 15.9. The summed E-state index contributed by atoms with van der Waals surface area (Å²) in [5.74, 6) is 0.292. The van der Waals surface area contributed by atoms with E-state index in [1.54, 1.807) is 12.1 Å². The fourth-order valence-electron chi connectivity index (χ4n) is 4.95. The summed E-state index contributed by atoms with van der Waals surface area (Å²) in [6, 6.07) is 12.9. The highest BCUT2D eigenvalue weighted by Crippen LogP contribution is 2.35. The van der Waals surface area contributed by atoms with Gasteiger partial charge in [-0.05, 0) is 79.1 Å². The minimum absolute atomic E-state index is 0.00542. The molecule has 0 saturated carbocycles. The van der Waals surface area contributed by atoms with Crippen LogP contribution in [-0.2, 0) is 11.2 Å². The molecule has 1 N–H and O–H groups in total. The predicted molar refractivity (Wildman–Crippen MR) is 105 cm³/mol. The van der Waals surface area contributed by atoms with Crippen LogP contribution in [0.15, 0.2) is 42.5 Å². The quantitative estimate of drug-likeness (QED) is 0.863. The summed E-state index contributed by atoms with van der Waals surface area (Å²) in [6.45, 7) is 3.15. The molecular formula is C23H25FN2O2. The number of piperidine rings is 3. The molecule has 3 heterocycles. The monoisotopic (exact) mass is 380 g/mol. The molecule has 0 radical (unpaired) electrons. The smallest absolute Gasteiger partial charge is 0.407 e. The maximum atomic E-state index is 13.2. The normalized spacial score (nSPS) is 28.0. The van der Waals surface area contributed by atoms with Crippen molar-refractivity contribution in [3.63, 3.8) is 0 Å². The molecule has 2 aromatic rings. The first-order chi connectivity index (χ1) is 13.7. The molecular weight excluding hydrogens is 355 g/mol. The number of alkyl carbamates (subject to hydrolysis) is 1. The molecule has 0 spiro atoms. The molecule has 3 aliphatic heterocycles. The van der Waals surface area contributed by atoms with Crippen molar-refractivity contribution in [3.05, 3.63) is 59.4 Å². The standard InChI is InChI=1S/C23H25FN2O2/c24-19-5-1-15(2-6-19)17-3-7-20-18(13-17)4-8-21(20)25-23(27)28-22-14-26-11-9-16(22)10-12-26/h1-3,5-7,13,16,21-22H,4,8-12,14H2,(H,25,27)/t21?,22-/m1/s1. The molecule has 6 rings (SSSR count). The topological polar surface area (TPSA) is 41.6 Å². The number of nitrogens with zero attached hydrogens (tertiary/aromatic N) is 1. The first-order valence-electron chi connectivity index (χ1n) is 10.2. The maximum Gasteiger partial charge on any atom is 0.407 e. The van der Waals surface area contributed by atoms with Crippen LogP contribution in [0.1, 0.15) is 36.4 Å². The van der Waals surface area contributed by atoms with E-state index < -0.39 is 0 Å². The van der Waals surface area contributed by atoms with Crippen LogP contribution in [0.5, 0.6) is 0 Å². The lowest BCUT2D eigenvalue weighted by Crippen LogP contribution is -2.52. The van der Waals surface area contributed by atoms with E-state index in [2.05, 4.69) is 22.3 Å². The van der Waals surface area contributed by atoms with E-state index in [4.69, 9.17) is 4.74 Å². The van der Waals surface area contributed by atoms with Gasteiger partial charge in [-0.15, -0.1) is 0 Å². The van der Waals surface area contributed by atoms with Crippen LogP contribution in [0, 0.1) is 11.7 Å². The van der Waals surface area contributed by atoms with E-state index >= 15 is 0 Å². The van der Waals surface area contributed by atoms with Gasteiger partial charge >= 0.3 is 6.09 Å². The molecule has 4 aliphatic rings. The molecule has 1 amide bonds. The Morgan fingerprint density at radius 3 is 2.50 bits per heavy atom. The Balaban J connectivity index is 1.25. The predicted octanol–water partition coefficient (Wildman–Crippen LogP) is 4.30. The zero-order chi connectivity index (χ0) is 19.1. The number of fused-ring (bicyclic) bond motifs is 4. The van der Waals surface area contributed by atoms with Gasteiger partial charge in [0.15, 0.2) is 0 Å². The number of carbonyl (C=O) groups excluding carboxylic acids is 1. The lowest BCUT2D eigenvalue weighted by molar-refractivity contribution is -0.0339. The molecule has 2 bridgehead atoms. The van der Waals surface area contributed by atoms with E-state index in [0.29, 0.717) is 5.92 Å². The van der Waals surface area contributed by atoms with Gasteiger partial charge in [0.1, 0.15) is 11.9 Å². The molecule has 0 aromatic heterocycles. The molecule has 146 valence electrons. The van der Waals surface area contributed by atoms with E-state index in [1.807, 2.05) is 6.07 Å². The Morgan fingerprint density at radius 1 is 1.04 bits per heavy atom. The third-order valence-corrected chi connectivity index (χ3v) is 6.54. The molecule has 1 aliphatic carbocycles. The van der Waals surface area contributed by atoms with Crippen molar-refractivity contribution in [2.24, 2.45) is 5.92 Å². The number of aryl methyl sites for hydroxylation is 1. The summed E-state index contributed by atoms with van der Waals surface area (Å²) in [6.07, 6.45) is 3.82. The second-order valence-electron chi connectivity index (χ2n) is 8.24. The summed E-state index contributed by atoms with van der Waals surface area (Å²) in [5.41, 5.74) is 4.49. The van der Waals surface area contributed by atoms with E-state index in [9.17, 15) is 9.18 Å². The van der Waals surface area contributed by atoms with Gasteiger partial charge < -0.3 is 10.1 Å². The number of ether oxygens (including phenoxy) is 1. The fraction of sp³-hybridized carbons (Fsp3) is 0.435. The van der Waals surface area contributed by atoms with E-state index in [1.165, 1.54) is 17.7 Å². The average Bonchev–Trinajstić information content (AvgIpc) is 3.11. The number of halogens is 1. The summed E-state index contributed by atoms with van der Waals surface area (Å²) < 4.78 is 18.9. The second-order valence-corrected chi connectivity index (χ2v) is 8.24. The Hall–Kier alpha value is -2.40. The molecule has 28 heavy (non-hydrogen) atoms. The summed E-state index contributed by atoms with van der Waals surface area (Å²) in [5, 5.41) is 3.08. The van der Waals surface area contributed by atoms with Gasteiger partial charge in [-0.25, -0.2) is 9.18 Å². The molecule has 2 atom stereocenters. The van der Waals surface area contributed by atoms with Gasteiger partial charge in [-0.3, -0.25) is 4.90 Å². The summed E-state index contributed by atoms with van der Waals surface area (Å²) in [4.78, 5) is 14.9. The van der Waals surface area contributed by atoms with Crippen molar-refractivity contribution in [1.29, 1.82) is 0 Å². The highest BCUT2D eigenvalue weighted by Gasteiger charge is 2.37. The number of benzene rings is 2. The second kappa shape index (κ2) is 7.21. The van der Waals surface area contributed by atoms with Crippen LogP contribution in [-0.4, -0.2) is 36.7 Å². The van der Waals surface area contributed by atoms with Crippen LogP contribution >= 0.6 is 0 Å². The Labute approximate surface area is 164 Å². The van der Waals surface area contributed by atoms with Crippen molar-refractivity contribution in [2.45, 2.75) is 37.8 Å². The number of hydrogen-bond acceptors (Lipinski definition) is 3. The van der Waals surface area contributed by atoms with Crippen molar-refractivity contribution >= 4 is 6.09 Å². The number of nitrogens with one attached hydrogen (secondary N) is 1. The number of rotatable bonds is 3. The van der Waals surface area contributed by atoms with Gasteiger partial charge in [0.2, 0.25) is 0 Å². The van der Waals surface area contributed by atoms with E-state index in [0.717, 1.165) is 62.0 Å². The fourth-order valence-corrected chi connectivity index (χ4v) is 4.95. The van der Waals surface area contributed by atoms with Crippen molar-refractivity contribution in [1.82, 2.24) is 10.2 Å². The Kier molecular flexibility index (Phi) is 4.55. The van der Waals surface area contributed by atoms with Crippen LogP contribution in [0.2, 0.25) is 0 Å². The lowest BCUT2D eigenvalue weighted by atomic mass is 9.86. The Bertz CT molecular complexity index is 875. The third-order valence-electron chi connectivity index (χ3n) is 6.54. The molecule has 2 aromatic carbocycles. The minimum Gasteiger partial charge on any atom is -0.445 e. The molecule has 5 heteroatoms. The number of hydrogen-bond donors (Lipinski definition) is 1. The van der Waals surface area contributed by atoms with Crippen LogP contribution < -0.4 is 5.32 Å². The largest absolute Gasteiger partial charge is 0.445 e. The van der Waals surface area contributed by atoms with Crippen LogP contribution in [0.25, 0.3) is 11.1 Å². The van der Waals surface area contributed by atoms with Crippen molar-refractivity contribution in [3.8, 4) is 11.1 Å². The van der Waals surface area contributed by atoms with Crippen molar-refractivity contribution in [2.75, 3.05) is 19.6 Å². The first kappa shape index (κ1) is 17.7. The van der Waals surface area contributed by atoms with Gasteiger partial charge in [0.05, 0.1) is 6.04 Å². The van der Waals surface area contributed by atoms with Gasteiger partial charge in [-0.1, -0.05) is 30.3 Å². The highest BCUT2D eigenvalue weighted by molar-refractivity contribution is 5.69. The molecule has 1 unspecified atom stereocenters. The Morgan fingerprint density at radius 2 is 1.79 bits per heavy atom. The molecule has 3 saturated heterocycles. The van der Waals surface area contributed by atoms with E-state index in [-0.39, 0.29) is 24.1 Å². The van der Waals surface area contributed by atoms with Crippen molar-refractivity contribution < 1.29 is 13.9 Å². The first-order valence-corrected chi connectivity index (χ1v) is 10.2. The lowest BCUT2D eigenvalue weighted by Gasteiger charge is -2.43. The molecule has 3 fully saturated rings. The zero-order valence-electron chi connectivity index (χ0n) is 15.9. The highest BCUT2D eigenvalue weighted by atomic mass is 19.1. The van der Waals surface area contributed by atoms with Crippen LogP contribution in [0.3, 0.4) is 0 Å². The third kappa shape index (κ3) is 3.39. The molecule has 4 nitrogen and oxygen atoms in total. The number of amides is 1. The van der Waals surface area contributed by atoms with Gasteiger partial charge in [0, 0.05) is 6.54 Å². The van der Waals surface area contributed by atoms with Gasteiger partial charge in [0.25, 0.3) is 0 Å².